The Balaban J connectivity index is 1.31. The summed E-state index contributed by atoms with van der Waals surface area (Å²) in [5, 5.41) is 5.06. The fourth-order valence-electron chi connectivity index (χ4n) is 4.45. The normalized spacial score (nSPS) is 25.4. The topological polar surface area (TPSA) is 50.3 Å². The second kappa shape index (κ2) is 6.24. The minimum absolute atomic E-state index is 0.527. The molecule has 24 heavy (non-hydrogen) atoms. The first-order chi connectivity index (χ1) is 11.9. The molecule has 2 aliphatic heterocycles. The smallest absolute Gasteiger partial charge is 0.138 e. The minimum atomic E-state index is 0.527. The molecule has 5 nitrogen and oxygen atoms in total. The maximum Gasteiger partial charge on any atom is 0.138 e. The Morgan fingerprint density at radius 3 is 2.92 bits per heavy atom. The van der Waals surface area contributed by atoms with E-state index in [9.17, 15) is 0 Å². The molecule has 4 heterocycles. The Kier molecular flexibility index (Phi) is 3.91. The number of rotatable bonds is 3. The Hall–Kier alpha value is -1.24. The Bertz CT molecular complexity index is 732. The third-order valence-electron chi connectivity index (χ3n) is 5.79. The van der Waals surface area contributed by atoms with Gasteiger partial charge in [-0.3, -0.25) is 4.90 Å². The molecule has 5 rings (SSSR count). The fourth-order valence-corrected chi connectivity index (χ4v) is 5.68. The second-order valence-corrected chi connectivity index (χ2v) is 8.32. The second-order valence-electron chi connectivity index (χ2n) is 7.23. The average molecular weight is 344 g/mol. The van der Waals surface area contributed by atoms with Gasteiger partial charge in [-0.15, -0.1) is 11.3 Å². The summed E-state index contributed by atoms with van der Waals surface area (Å²) in [4.78, 5) is 14.4. The van der Waals surface area contributed by atoms with Crippen molar-refractivity contribution in [2.24, 2.45) is 0 Å². The monoisotopic (exact) mass is 344 g/mol. The first kappa shape index (κ1) is 15.0. The summed E-state index contributed by atoms with van der Waals surface area (Å²) in [6.45, 7) is 4.19. The molecule has 0 bridgehead atoms. The molecule has 6 heteroatoms. The van der Waals surface area contributed by atoms with Gasteiger partial charge in [0.15, 0.2) is 0 Å². The van der Waals surface area contributed by atoms with Gasteiger partial charge < -0.3 is 10.1 Å². The van der Waals surface area contributed by atoms with Gasteiger partial charge in [-0.1, -0.05) is 0 Å². The van der Waals surface area contributed by atoms with Gasteiger partial charge in [0, 0.05) is 36.7 Å². The van der Waals surface area contributed by atoms with Gasteiger partial charge in [0.25, 0.3) is 0 Å². The molecule has 1 aliphatic carbocycles. The van der Waals surface area contributed by atoms with Crippen molar-refractivity contribution >= 4 is 27.4 Å². The zero-order valence-corrected chi connectivity index (χ0v) is 14.8. The highest BCUT2D eigenvalue weighted by Crippen LogP contribution is 2.39. The number of nitrogens with one attached hydrogen (secondary N) is 1. The van der Waals surface area contributed by atoms with Gasteiger partial charge in [-0.2, -0.15) is 0 Å². The summed E-state index contributed by atoms with van der Waals surface area (Å²) in [7, 11) is 0. The van der Waals surface area contributed by atoms with Gasteiger partial charge in [-0.25, -0.2) is 9.97 Å². The van der Waals surface area contributed by atoms with Gasteiger partial charge in [-0.05, 0) is 44.1 Å². The van der Waals surface area contributed by atoms with Crippen molar-refractivity contribution in [3.05, 3.63) is 16.8 Å². The number of fused-ring (bicyclic) bond motifs is 3. The molecule has 1 N–H and O–H groups in total. The first-order valence-corrected chi connectivity index (χ1v) is 10.0. The van der Waals surface area contributed by atoms with E-state index in [1.54, 1.807) is 6.33 Å². The van der Waals surface area contributed by atoms with Crippen LogP contribution in [0, 0.1) is 0 Å². The predicted octanol–water partition coefficient (Wildman–Crippen LogP) is 2.85. The minimum Gasteiger partial charge on any atom is -0.380 e. The molecule has 0 saturated carbocycles. The lowest BCUT2D eigenvalue weighted by Gasteiger charge is -2.35. The van der Waals surface area contributed by atoms with Gasteiger partial charge >= 0.3 is 0 Å². The Morgan fingerprint density at radius 2 is 2.08 bits per heavy atom. The molecule has 2 fully saturated rings. The third kappa shape index (κ3) is 2.61. The van der Waals surface area contributed by atoms with Gasteiger partial charge in [0.1, 0.15) is 17.0 Å². The molecule has 3 aliphatic rings. The zero-order chi connectivity index (χ0) is 15.9. The summed E-state index contributed by atoms with van der Waals surface area (Å²) < 4.78 is 5.54. The number of thiophene rings is 1. The molecule has 0 radical (unpaired) electrons. The van der Waals surface area contributed by atoms with Crippen LogP contribution in [0.5, 0.6) is 0 Å². The van der Waals surface area contributed by atoms with Crippen LogP contribution in [-0.2, 0) is 17.6 Å². The number of likely N-dealkylation sites (tertiary alicyclic amines) is 1. The van der Waals surface area contributed by atoms with E-state index in [0.717, 1.165) is 23.9 Å². The molecule has 1 unspecified atom stereocenters. The largest absolute Gasteiger partial charge is 0.380 e. The summed E-state index contributed by atoms with van der Waals surface area (Å²) in [6.07, 6.45) is 9.00. The summed E-state index contributed by atoms with van der Waals surface area (Å²) in [5.41, 5.74) is 1.51. The van der Waals surface area contributed by atoms with E-state index in [0.29, 0.717) is 12.1 Å². The number of ether oxygens (including phenoxy) is 1. The van der Waals surface area contributed by atoms with Crippen LogP contribution in [0.3, 0.4) is 0 Å². The Morgan fingerprint density at radius 1 is 1.17 bits per heavy atom. The van der Waals surface area contributed by atoms with Crippen LogP contribution in [0.25, 0.3) is 10.2 Å². The van der Waals surface area contributed by atoms with Crippen LogP contribution >= 0.6 is 11.3 Å². The molecule has 2 aromatic heterocycles. The van der Waals surface area contributed by atoms with Crippen LogP contribution in [0.2, 0.25) is 0 Å². The highest BCUT2D eigenvalue weighted by molar-refractivity contribution is 7.19. The molecule has 0 spiro atoms. The van der Waals surface area contributed by atoms with E-state index in [1.165, 1.54) is 67.4 Å². The lowest BCUT2D eigenvalue weighted by atomic mass is 10.0. The van der Waals surface area contributed by atoms with Crippen molar-refractivity contribution in [1.82, 2.24) is 14.9 Å². The van der Waals surface area contributed by atoms with E-state index >= 15 is 0 Å². The highest BCUT2D eigenvalue weighted by atomic mass is 32.1. The van der Waals surface area contributed by atoms with Crippen molar-refractivity contribution in [2.75, 3.05) is 31.6 Å². The molecule has 1 atom stereocenters. The van der Waals surface area contributed by atoms with Crippen LogP contribution in [0.4, 0.5) is 5.82 Å². The Labute approximate surface area is 146 Å². The molecular formula is C18H24N4OS. The van der Waals surface area contributed by atoms with Crippen molar-refractivity contribution in [3.63, 3.8) is 0 Å². The summed E-state index contributed by atoms with van der Waals surface area (Å²) in [6, 6.07) is 1.18. The van der Waals surface area contributed by atoms with Crippen molar-refractivity contribution in [3.8, 4) is 0 Å². The number of aromatic nitrogens is 2. The maximum atomic E-state index is 5.54. The van der Waals surface area contributed by atoms with Crippen molar-refractivity contribution in [1.29, 1.82) is 0 Å². The third-order valence-corrected chi connectivity index (χ3v) is 6.99. The summed E-state index contributed by atoms with van der Waals surface area (Å²) >= 11 is 1.87. The van der Waals surface area contributed by atoms with Crippen LogP contribution < -0.4 is 5.32 Å². The summed E-state index contributed by atoms with van der Waals surface area (Å²) in [5.74, 6) is 1.07. The van der Waals surface area contributed by atoms with Crippen LogP contribution in [-0.4, -0.2) is 53.3 Å². The number of hydrogen-bond donors (Lipinski definition) is 1. The molecule has 0 amide bonds. The zero-order valence-electron chi connectivity index (χ0n) is 14.0. The first-order valence-electron chi connectivity index (χ1n) is 9.22. The highest BCUT2D eigenvalue weighted by Gasteiger charge is 2.28. The molecule has 2 saturated heterocycles. The lowest BCUT2D eigenvalue weighted by Crippen LogP contribution is -2.45. The van der Waals surface area contributed by atoms with Gasteiger partial charge in [0.2, 0.25) is 0 Å². The van der Waals surface area contributed by atoms with E-state index in [-0.39, 0.29) is 0 Å². The molecule has 0 aromatic carbocycles. The van der Waals surface area contributed by atoms with Crippen LogP contribution in [0.15, 0.2) is 6.33 Å². The van der Waals surface area contributed by atoms with E-state index in [4.69, 9.17) is 4.74 Å². The van der Waals surface area contributed by atoms with Crippen molar-refractivity contribution in [2.45, 2.75) is 50.6 Å². The predicted molar refractivity (Wildman–Crippen MR) is 96.9 cm³/mol. The van der Waals surface area contributed by atoms with E-state index in [2.05, 4.69) is 20.2 Å². The van der Waals surface area contributed by atoms with E-state index < -0.39 is 0 Å². The number of nitrogens with zero attached hydrogens (tertiary/aromatic N) is 3. The lowest BCUT2D eigenvalue weighted by molar-refractivity contribution is 0.124. The standard InChI is InChI=1S/C18H24N4OS/c1-2-14-15(3-1)24-18-16(14)17(19-11-20-18)21-12-4-7-22(8-5-12)13-6-9-23-10-13/h11-13H,1-10H2,(H,19,20,21). The number of hydrogen-bond acceptors (Lipinski definition) is 6. The fraction of sp³-hybridized carbons (Fsp3) is 0.667. The maximum absolute atomic E-state index is 5.54. The molecule has 2 aromatic rings. The molecular weight excluding hydrogens is 320 g/mol. The molecule has 128 valence electrons. The quantitative estimate of drug-likeness (QED) is 0.928. The van der Waals surface area contributed by atoms with E-state index in [1.807, 2.05) is 11.3 Å². The van der Waals surface area contributed by atoms with Crippen molar-refractivity contribution < 1.29 is 4.74 Å². The SMILES string of the molecule is c1nc(NC2CCN(C3CCOC3)CC2)c2c3c(sc2n1)CCC3. The van der Waals surface area contributed by atoms with Gasteiger partial charge in [0.05, 0.1) is 12.0 Å². The van der Waals surface area contributed by atoms with Crippen LogP contribution in [0.1, 0.15) is 36.1 Å². The number of piperidine rings is 1. The number of anilines is 1. The average Bonchev–Trinajstić information content (AvgIpc) is 3.32. The number of aryl methyl sites for hydroxylation is 2.